The Balaban J connectivity index is 2.12. The molecule has 0 saturated carbocycles. The normalized spacial score (nSPS) is 12.9. The number of ether oxygens (including phenoxy) is 1. The van der Waals surface area contributed by atoms with Crippen LogP contribution >= 0.6 is 0 Å². The molecule has 0 saturated heterocycles. The lowest BCUT2D eigenvalue weighted by Crippen LogP contribution is -2.25. The topological polar surface area (TPSA) is 50.4 Å². The molecule has 17 heavy (non-hydrogen) atoms. The molecular formula is C13H14N2O2. The van der Waals surface area contributed by atoms with Gasteiger partial charge in [-0.25, -0.2) is 0 Å². The highest BCUT2D eigenvalue weighted by molar-refractivity contribution is 5.95. The second-order valence-electron chi connectivity index (χ2n) is 3.70. The van der Waals surface area contributed by atoms with Gasteiger partial charge < -0.3 is 15.4 Å². The molecule has 88 valence electrons. The standard InChI is InChI=1S/C13H14N2O2/c1-14-7-3-2-4-10-5-6-12-11(8-10)15-13(16)9-17-12/h5-6,8,14H,3,7,9H2,1H3,(H,15,16). The predicted molar refractivity (Wildman–Crippen MR) is 66.0 cm³/mol. The van der Waals surface area contributed by atoms with Gasteiger partial charge in [0, 0.05) is 18.5 Å². The monoisotopic (exact) mass is 230 g/mol. The summed E-state index contributed by atoms with van der Waals surface area (Å²) < 4.78 is 5.26. The van der Waals surface area contributed by atoms with Crippen molar-refractivity contribution in [3.63, 3.8) is 0 Å². The van der Waals surface area contributed by atoms with Crippen molar-refractivity contribution in [1.29, 1.82) is 0 Å². The van der Waals surface area contributed by atoms with Crippen LogP contribution < -0.4 is 15.4 Å². The van der Waals surface area contributed by atoms with E-state index < -0.39 is 0 Å². The Labute approximate surface area is 100 Å². The van der Waals surface area contributed by atoms with Crippen LogP contribution in [-0.2, 0) is 4.79 Å². The second-order valence-corrected chi connectivity index (χ2v) is 3.70. The molecule has 0 atom stereocenters. The first kappa shape index (κ1) is 11.5. The average Bonchev–Trinajstić information content (AvgIpc) is 2.34. The fourth-order valence-electron chi connectivity index (χ4n) is 1.51. The minimum absolute atomic E-state index is 0.0835. The third-order valence-corrected chi connectivity index (χ3v) is 2.35. The molecule has 0 spiro atoms. The zero-order chi connectivity index (χ0) is 12.1. The maximum absolute atomic E-state index is 11.2. The maximum Gasteiger partial charge on any atom is 0.262 e. The van der Waals surface area contributed by atoms with Crippen molar-refractivity contribution in [2.75, 3.05) is 25.5 Å². The number of benzene rings is 1. The van der Waals surface area contributed by atoms with Crippen LogP contribution in [0.4, 0.5) is 5.69 Å². The number of anilines is 1. The van der Waals surface area contributed by atoms with Crippen LogP contribution in [-0.4, -0.2) is 26.1 Å². The van der Waals surface area contributed by atoms with E-state index in [4.69, 9.17) is 4.74 Å². The fourth-order valence-corrected chi connectivity index (χ4v) is 1.51. The van der Waals surface area contributed by atoms with E-state index in [0.29, 0.717) is 11.4 Å². The Morgan fingerprint density at radius 3 is 3.24 bits per heavy atom. The molecule has 0 unspecified atom stereocenters. The summed E-state index contributed by atoms with van der Waals surface area (Å²) in [5.41, 5.74) is 1.58. The summed E-state index contributed by atoms with van der Waals surface area (Å²) in [6.07, 6.45) is 0.802. The van der Waals surface area contributed by atoms with E-state index in [1.165, 1.54) is 0 Å². The molecular weight excluding hydrogens is 216 g/mol. The van der Waals surface area contributed by atoms with Gasteiger partial charge in [0.1, 0.15) is 5.75 Å². The summed E-state index contributed by atoms with van der Waals surface area (Å²) in [5, 5.41) is 5.79. The molecule has 0 aromatic heterocycles. The number of rotatable bonds is 2. The van der Waals surface area contributed by atoms with E-state index in [1.54, 1.807) is 0 Å². The third kappa shape index (κ3) is 2.99. The van der Waals surface area contributed by atoms with Crippen molar-refractivity contribution < 1.29 is 9.53 Å². The van der Waals surface area contributed by atoms with Crippen LogP contribution in [0.25, 0.3) is 0 Å². The highest BCUT2D eigenvalue weighted by atomic mass is 16.5. The molecule has 1 amide bonds. The van der Waals surface area contributed by atoms with Gasteiger partial charge in [0.25, 0.3) is 5.91 Å². The van der Waals surface area contributed by atoms with E-state index in [2.05, 4.69) is 22.5 Å². The van der Waals surface area contributed by atoms with Crippen LogP contribution in [0.3, 0.4) is 0 Å². The summed E-state index contributed by atoms with van der Waals surface area (Å²) in [6, 6.07) is 5.55. The van der Waals surface area contributed by atoms with Crippen molar-refractivity contribution in [3.05, 3.63) is 23.8 Å². The predicted octanol–water partition coefficient (Wildman–Crippen LogP) is 0.978. The van der Waals surface area contributed by atoms with Gasteiger partial charge in [-0.15, -0.1) is 0 Å². The Kier molecular flexibility index (Phi) is 3.63. The zero-order valence-corrected chi connectivity index (χ0v) is 9.67. The lowest BCUT2D eigenvalue weighted by Gasteiger charge is -2.17. The largest absolute Gasteiger partial charge is 0.482 e. The van der Waals surface area contributed by atoms with Crippen molar-refractivity contribution >= 4 is 11.6 Å². The Morgan fingerprint density at radius 2 is 2.41 bits per heavy atom. The Morgan fingerprint density at radius 1 is 1.53 bits per heavy atom. The van der Waals surface area contributed by atoms with Crippen LogP contribution in [0.5, 0.6) is 5.75 Å². The number of fused-ring (bicyclic) bond motifs is 1. The van der Waals surface area contributed by atoms with E-state index >= 15 is 0 Å². The number of carbonyl (C=O) groups is 1. The van der Waals surface area contributed by atoms with Gasteiger partial charge in [0.15, 0.2) is 6.61 Å². The van der Waals surface area contributed by atoms with Crippen LogP contribution in [0, 0.1) is 11.8 Å². The summed E-state index contributed by atoms with van der Waals surface area (Å²) in [4.78, 5) is 11.2. The van der Waals surface area contributed by atoms with Crippen molar-refractivity contribution in [2.45, 2.75) is 6.42 Å². The molecule has 1 aromatic rings. The average molecular weight is 230 g/mol. The number of nitrogens with one attached hydrogen (secondary N) is 2. The first-order valence-corrected chi connectivity index (χ1v) is 5.50. The molecule has 0 aliphatic carbocycles. The summed E-state index contributed by atoms with van der Waals surface area (Å²) >= 11 is 0. The summed E-state index contributed by atoms with van der Waals surface area (Å²) in [6.45, 7) is 0.956. The van der Waals surface area contributed by atoms with E-state index in [1.807, 2.05) is 25.2 Å². The van der Waals surface area contributed by atoms with Crippen molar-refractivity contribution in [2.24, 2.45) is 0 Å². The number of hydrogen-bond acceptors (Lipinski definition) is 3. The van der Waals surface area contributed by atoms with Gasteiger partial charge in [0.2, 0.25) is 0 Å². The van der Waals surface area contributed by atoms with E-state index in [-0.39, 0.29) is 12.5 Å². The second kappa shape index (κ2) is 5.37. The Hall–Kier alpha value is -1.99. The van der Waals surface area contributed by atoms with Crippen molar-refractivity contribution in [3.8, 4) is 17.6 Å². The minimum Gasteiger partial charge on any atom is -0.482 e. The van der Waals surface area contributed by atoms with Gasteiger partial charge in [0.05, 0.1) is 5.69 Å². The number of hydrogen-bond donors (Lipinski definition) is 2. The van der Waals surface area contributed by atoms with Crippen LogP contribution in [0.2, 0.25) is 0 Å². The highest BCUT2D eigenvalue weighted by Crippen LogP contribution is 2.27. The van der Waals surface area contributed by atoms with Gasteiger partial charge in [-0.2, -0.15) is 0 Å². The molecule has 1 aromatic carbocycles. The molecule has 1 aliphatic rings. The highest BCUT2D eigenvalue weighted by Gasteiger charge is 2.15. The number of amides is 1. The first-order valence-electron chi connectivity index (χ1n) is 5.50. The SMILES string of the molecule is CNCCC#Cc1ccc2c(c1)NC(=O)CO2. The Bertz CT molecular complexity index is 486. The van der Waals surface area contributed by atoms with Gasteiger partial charge >= 0.3 is 0 Å². The molecule has 2 rings (SSSR count). The number of carbonyl (C=O) groups excluding carboxylic acids is 1. The van der Waals surface area contributed by atoms with E-state index in [9.17, 15) is 4.79 Å². The van der Waals surface area contributed by atoms with Gasteiger partial charge in [-0.05, 0) is 25.2 Å². The van der Waals surface area contributed by atoms with Gasteiger partial charge in [-0.1, -0.05) is 11.8 Å². The zero-order valence-electron chi connectivity index (χ0n) is 9.67. The summed E-state index contributed by atoms with van der Waals surface area (Å²) in [7, 11) is 1.90. The lowest BCUT2D eigenvalue weighted by atomic mass is 10.1. The lowest BCUT2D eigenvalue weighted by molar-refractivity contribution is -0.118. The van der Waals surface area contributed by atoms with Crippen LogP contribution in [0.1, 0.15) is 12.0 Å². The fraction of sp³-hybridized carbons (Fsp3) is 0.308. The van der Waals surface area contributed by atoms with E-state index in [0.717, 1.165) is 18.5 Å². The van der Waals surface area contributed by atoms with Crippen molar-refractivity contribution in [1.82, 2.24) is 5.32 Å². The van der Waals surface area contributed by atoms with Gasteiger partial charge in [-0.3, -0.25) is 4.79 Å². The molecule has 0 bridgehead atoms. The molecule has 1 aliphatic heterocycles. The molecule has 1 heterocycles. The maximum atomic E-state index is 11.2. The molecule has 4 heteroatoms. The molecule has 0 radical (unpaired) electrons. The minimum atomic E-state index is -0.127. The summed E-state index contributed by atoms with van der Waals surface area (Å²) in [5.74, 6) is 6.67. The molecule has 2 N–H and O–H groups in total. The smallest absolute Gasteiger partial charge is 0.262 e. The molecule has 4 nitrogen and oxygen atoms in total. The first-order chi connectivity index (χ1) is 8.29. The quantitative estimate of drug-likeness (QED) is 0.588. The molecule has 0 fully saturated rings. The third-order valence-electron chi connectivity index (χ3n) is 2.35. The van der Waals surface area contributed by atoms with Crippen LogP contribution in [0.15, 0.2) is 18.2 Å².